The Morgan fingerprint density at radius 1 is 1.06 bits per heavy atom. The Labute approximate surface area is 222 Å². The zero-order valence-corrected chi connectivity index (χ0v) is 21.5. The van der Waals surface area contributed by atoms with Crippen LogP contribution in [-0.2, 0) is 4.79 Å². The van der Waals surface area contributed by atoms with Crippen molar-refractivity contribution in [3.05, 3.63) is 113 Å². The Kier molecular flexibility index (Phi) is 7.11. The number of carbonyl (C=O) groups excluding carboxylic acids is 1. The number of thiocarbonyl (C=S) groups is 1. The van der Waals surface area contributed by atoms with E-state index in [-0.39, 0.29) is 30.2 Å². The Bertz CT molecular complexity index is 1360. The minimum atomic E-state index is -0.348. The normalized spacial score (nSPS) is 17.2. The number of amides is 1. The number of aromatic nitrogens is 2. The number of halogens is 2. The molecule has 182 valence electrons. The average molecular weight is 564 g/mol. The quantitative estimate of drug-likeness (QED) is 0.279. The van der Waals surface area contributed by atoms with Crippen molar-refractivity contribution >= 4 is 44.9 Å². The van der Waals surface area contributed by atoms with Crippen LogP contribution < -0.4 is 10.6 Å². The van der Waals surface area contributed by atoms with Gasteiger partial charge in [-0.1, -0.05) is 22.0 Å². The van der Waals surface area contributed by atoms with Gasteiger partial charge in [0, 0.05) is 46.9 Å². The molecule has 2 aromatic carbocycles. The van der Waals surface area contributed by atoms with Crippen molar-refractivity contribution in [1.82, 2.24) is 19.8 Å². The summed E-state index contributed by atoms with van der Waals surface area (Å²) in [7, 11) is 0. The molecule has 0 spiro atoms. The first-order valence-electron chi connectivity index (χ1n) is 11.5. The van der Waals surface area contributed by atoms with Crippen molar-refractivity contribution in [3.8, 4) is 5.69 Å². The topological polar surface area (TPSA) is 62.2 Å². The van der Waals surface area contributed by atoms with E-state index in [0.717, 1.165) is 21.5 Å². The van der Waals surface area contributed by atoms with Gasteiger partial charge in [-0.05, 0) is 85.0 Å². The third kappa shape index (κ3) is 5.17. The number of carbonyl (C=O) groups is 1. The molecule has 0 bridgehead atoms. The van der Waals surface area contributed by atoms with Crippen molar-refractivity contribution in [2.24, 2.45) is 0 Å². The lowest BCUT2D eigenvalue weighted by atomic mass is 10.0. The van der Waals surface area contributed by atoms with Crippen LogP contribution in [0.15, 0.2) is 95.7 Å². The lowest BCUT2D eigenvalue weighted by Gasteiger charge is -2.29. The fraction of sp³-hybridized carbons (Fsp3) is 0.148. The van der Waals surface area contributed by atoms with Gasteiger partial charge < -0.3 is 20.1 Å². The Morgan fingerprint density at radius 2 is 1.83 bits per heavy atom. The molecule has 2 aromatic heterocycles. The molecule has 0 radical (unpaired) electrons. The monoisotopic (exact) mass is 563 g/mol. The molecule has 1 aliphatic heterocycles. The molecule has 9 heteroatoms. The molecule has 5 rings (SSSR count). The molecule has 1 amide bonds. The van der Waals surface area contributed by atoms with Gasteiger partial charge in [-0.3, -0.25) is 9.78 Å². The third-order valence-electron chi connectivity index (χ3n) is 6.09. The lowest BCUT2D eigenvalue weighted by Crippen LogP contribution is -2.33. The number of rotatable bonds is 7. The number of hydrogen-bond acceptors (Lipinski definition) is 3. The van der Waals surface area contributed by atoms with Gasteiger partial charge in [-0.25, -0.2) is 4.39 Å². The molecule has 1 fully saturated rings. The molecule has 1 aliphatic rings. The Morgan fingerprint density at radius 3 is 2.56 bits per heavy atom. The van der Waals surface area contributed by atoms with Crippen LogP contribution in [0.1, 0.15) is 29.9 Å². The molecule has 0 aliphatic carbocycles. The summed E-state index contributed by atoms with van der Waals surface area (Å²) >= 11 is 9.24. The number of hydrogen-bond donors (Lipinski definition) is 2. The van der Waals surface area contributed by atoms with E-state index in [1.165, 1.54) is 12.1 Å². The van der Waals surface area contributed by atoms with Crippen molar-refractivity contribution in [2.45, 2.75) is 18.5 Å². The van der Waals surface area contributed by atoms with Crippen LogP contribution in [0.2, 0.25) is 0 Å². The van der Waals surface area contributed by atoms with Crippen molar-refractivity contribution in [3.63, 3.8) is 0 Å². The molecule has 0 saturated carbocycles. The SMILES string of the molecule is O=C(CCN1C(=S)N[C@H](c2ccccn2)[C@H]1c1cccn1-c1ccc(Br)cc1)Nc1ccc(F)cc1. The molecule has 6 nitrogen and oxygen atoms in total. The van der Waals surface area contributed by atoms with Gasteiger partial charge >= 0.3 is 0 Å². The Hall–Kier alpha value is -3.56. The molecule has 3 heterocycles. The number of anilines is 1. The van der Waals surface area contributed by atoms with Gasteiger partial charge in [-0.15, -0.1) is 0 Å². The maximum Gasteiger partial charge on any atom is 0.226 e. The average Bonchev–Trinajstić information content (AvgIpc) is 3.49. The summed E-state index contributed by atoms with van der Waals surface area (Å²) in [5.74, 6) is -0.522. The summed E-state index contributed by atoms with van der Waals surface area (Å²) < 4.78 is 16.3. The first-order valence-corrected chi connectivity index (χ1v) is 12.7. The zero-order valence-electron chi connectivity index (χ0n) is 19.1. The van der Waals surface area contributed by atoms with E-state index < -0.39 is 0 Å². The molecule has 36 heavy (non-hydrogen) atoms. The van der Waals surface area contributed by atoms with Crippen molar-refractivity contribution < 1.29 is 9.18 Å². The summed E-state index contributed by atoms with van der Waals surface area (Å²) in [4.78, 5) is 19.3. The van der Waals surface area contributed by atoms with E-state index in [9.17, 15) is 9.18 Å². The van der Waals surface area contributed by atoms with E-state index in [1.807, 2.05) is 59.6 Å². The molecular formula is C27H23BrFN5OS. The highest BCUT2D eigenvalue weighted by molar-refractivity contribution is 9.10. The fourth-order valence-electron chi connectivity index (χ4n) is 4.42. The first kappa shape index (κ1) is 24.1. The van der Waals surface area contributed by atoms with Gasteiger partial charge in [0.15, 0.2) is 5.11 Å². The molecule has 1 saturated heterocycles. The zero-order chi connectivity index (χ0) is 25.1. The molecule has 0 unspecified atom stereocenters. The summed E-state index contributed by atoms with van der Waals surface area (Å²) in [5, 5.41) is 6.82. The maximum atomic E-state index is 13.2. The summed E-state index contributed by atoms with van der Waals surface area (Å²) in [6.07, 6.45) is 4.00. The van der Waals surface area contributed by atoms with E-state index in [4.69, 9.17) is 12.2 Å². The van der Waals surface area contributed by atoms with Crippen molar-refractivity contribution in [2.75, 3.05) is 11.9 Å². The van der Waals surface area contributed by atoms with Crippen LogP contribution in [0.25, 0.3) is 5.69 Å². The number of pyridine rings is 1. The van der Waals surface area contributed by atoms with E-state index >= 15 is 0 Å². The summed E-state index contributed by atoms with van der Waals surface area (Å²) in [6.45, 7) is 0.401. The van der Waals surface area contributed by atoms with Crippen molar-refractivity contribution in [1.29, 1.82) is 0 Å². The summed E-state index contributed by atoms with van der Waals surface area (Å²) in [6, 6.07) is 23.3. The number of nitrogens with zero attached hydrogens (tertiary/aromatic N) is 3. The number of benzene rings is 2. The second-order valence-corrected chi connectivity index (χ2v) is 9.71. The molecular weight excluding hydrogens is 541 g/mol. The smallest absolute Gasteiger partial charge is 0.226 e. The predicted molar refractivity (Wildman–Crippen MR) is 145 cm³/mol. The van der Waals surface area contributed by atoms with E-state index in [2.05, 4.69) is 42.2 Å². The molecule has 2 atom stereocenters. The highest BCUT2D eigenvalue weighted by Crippen LogP contribution is 2.39. The lowest BCUT2D eigenvalue weighted by molar-refractivity contribution is -0.116. The maximum absolute atomic E-state index is 13.2. The van der Waals surface area contributed by atoms with Crippen LogP contribution in [0.5, 0.6) is 0 Å². The van der Waals surface area contributed by atoms with Crippen LogP contribution in [-0.4, -0.2) is 32.0 Å². The van der Waals surface area contributed by atoms with E-state index in [0.29, 0.717) is 17.3 Å². The number of nitrogens with one attached hydrogen (secondary N) is 2. The minimum Gasteiger partial charge on any atom is -0.352 e. The highest BCUT2D eigenvalue weighted by atomic mass is 79.9. The predicted octanol–water partition coefficient (Wildman–Crippen LogP) is 5.78. The summed E-state index contributed by atoms with van der Waals surface area (Å²) in [5.41, 5.74) is 3.46. The Balaban J connectivity index is 1.43. The van der Waals surface area contributed by atoms with Gasteiger partial charge in [0.1, 0.15) is 5.82 Å². The third-order valence-corrected chi connectivity index (χ3v) is 6.97. The second-order valence-electron chi connectivity index (χ2n) is 8.40. The standard InChI is InChI=1S/C27H23BrFN5OS/c28-18-6-12-21(13-7-18)33-16-3-5-23(33)26-25(22-4-1-2-15-30-22)32-27(36)34(26)17-14-24(35)31-20-10-8-19(29)9-11-20/h1-13,15-16,25-26H,14,17H2,(H,31,35)(H,32,36)/t25-,26-/m1/s1. The van der Waals surface area contributed by atoms with Gasteiger partial charge in [0.25, 0.3) is 0 Å². The minimum absolute atomic E-state index is 0.173. The highest BCUT2D eigenvalue weighted by Gasteiger charge is 2.41. The fourth-order valence-corrected chi connectivity index (χ4v) is 5.01. The van der Waals surface area contributed by atoms with Crippen LogP contribution in [0.4, 0.5) is 10.1 Å². The van der Waals surface area contributed by atoms with Crippen LogP contribution >= 0.6 is 28.1 Å². The second kappa shape index (κ2) is 10.6. The van der Waals surface area contributed by atoms with Gasteiger partial charge in [0.2, 0.25) is 5.91 Å². The van der Waals surface area contributed by atoms with Crippen LogP contribution in [0.3, 0.4) is 0 Å². The van der Waals surface area contributed by atoms with E-state index in [1.54, 1.807) is 18.3 Å². The van der Waals surface area contributed by atoms with Crippen LogP contribution in [0, 0.1) is 5.82 Å². The molecule has 2 N–H and O–H groups in total. The van der Waals surface area contributed by atoms with Gasteiger partial charge in [-0.2, -0.15) is 0 Å². The molecule has 4 aromatic rings. The largest absolute Gasteiger partial charge is 0.352 e. The first-order chi connectivity index (χ1) is 17.5. The van der Waals surface area contributed by atoms with Gasteiger partial charge in [0.05, 0.1) is 17.8 Å².